The van der Waals surface area contributed by atoms with E-state index in [0.29, 0.717) is 21.2 Å². The SMILES string of the molecule is Cc1ccc(NC(=O)C(=O)NN=Cc2ccccc2OC(=O)c2cccs2)cc1Cl. The number of nitrogens with one attached hydrogen (secondary N) is 2. The first-order valence-corrected chi connectivity index (χ1v) is 9.95. The molecule has 0 aliphatic carbocycles. The van der Waals surface area contributed by atoms with Gasteiger partial charge in [-0.3, -0.25) is 9.59 Å². The molecule has 7 nitrogen and oxygen atoms in total. The molecule has 152 valence electrons. The molecule has 0 spiro atoms. The highest BCUT2D eigenvalue weighted by atomic mass is 35.5. The molecule has 0 atom stereocenters. The second kappa shape index (κ2) is 9.82. The summed E-state index contributed by atoms with van der Waals surface area (Å²) >= 11 is 7.27. The lowest BCUT2D eigenvalue weighted by Crippen LogP contribution is -2.32. The Labute approximate surface area is 181 Å². The molecule has 0 radical (unpaired) electrons. The van der Waals surface area contributed by atoms with Crippen molar-refractivity contribution < 1.29 is 19.1 Å². The number of aryl methyl sites for hydroxylation is 1. The quantitative estimate of drug-likeness (QED) is 0.205. The molecular weight excluding hydrogens is 426 g/mol. The molecule has 3 rings (SSSR count). The Morgan fingerprint density at radius 2 is 1.87 bits per heavy atom. The van der Waals surface area contributed by atoms with Gasteiger partial charge in [-0.25, -0.2) is 10.2 Å². The van der Waals surface area contributed by atoms with Gasteiger partial charge in [0.15, 0.2) is 0 Å². The van der Waals surface area contributed by atoms with Crippen LogP contribution in [0, 0.1) is 6.92 Å². The number of benzene rings is 2. The van der Waals surface area contributed by atoms with Gasteiger partial charge in [-0.1, -0.05) is 35.9 Å². The van der Waals surface area contributed by atoms with Crippen molar-refractivity contribution in [1.29, 1.82) is 0 Å². The third-order valence-electron chi connectivity index (χ3n) is 3.85. The van der Waals surface area contributed by atoms with Gasteiger partial charge in [-0.05, 0) is 48.2 Å². The molecule has 0 saturated carbocycles. The third-order valence-corrected chi connectivity index (χ3v) is 5.11. The highest BCUT2D eigenvalue weighted by Gasteiger charge is 2.14. The monoisotopic (exact) mass is 441 g/mol. The number of carbonyl (C=O) groups is 3. The lowest BCUT2D eigenvalue weighted by molar-refractivity contribution is -0.136. The Morgan fingerprint density at radius 1 is 1.07 bits per heavy atom. The number of halogens is 1. The van der Waals surface area contributed by atoms with Crippen molar-refractivity contribution in [3.05, 3.63) is 81.0 Å². The fourth-order valence-electron chi connectivity index (χ4n) is 2.29. The van der Waals surface area contributed by atoms with Crippen LogP contribution in [0.2, 0.25) is 5.02 Å². The summed E-state index contributed by atoms with van der Waals surface area (Å²) in [4.78, 5) is 36.5. The molecule has 0 fully saturated rings. The van der Waals surface area contributed by atoms with Crippen molar-refractivity contribution >= 4 is 52.6 Å². The van der Waals surface area contributed by atoms with Crippen LogP contribution >= 0.6 is 22.9 Å². The van der Waals surface area contributed by atoms with Crippen molar-refractivity contribution in [1.82, 2.24) is 5.43 Å². The van der Waals surface area contributed by atoms with Crippen LogP contribution in [-0.4, -0.2) is 24.0 Å². The number of esters is 1. The number of thiophene rings is 1. The smallest absolute Gasteiger partial charge is 0.353 e. The predicted molar refractivity (Wildman–Crippen MR) is 116 cm³/mol. The maximum absolute atomic E-state index is 12.1. The molecule has 1 aromatic heterocycles. The van der Waals surface area contributed by atoms with E-state index < -0.39 is 17.8 Å². The molecule has 2 amide bonds. The highest BCUT2D eigenvalue weighted by Crippen LogP contribution is 2.20. The number of hydrogen-bond donors (Lipinski definition) is 2. The number of hydrogen-bond acceptors (Lipinski definition) is 6. The van der Waals surface area contributed by atoms with E-state index in [0.717, 1.165) is 5.56 Å². The first kappa shape index (κ1) is 21.2. The third kappa shape index (κ3) is 5.53. The summed E-state index contributed by atoms with van der Waals surface area (Å²) in [6.45, 7) is 1.82. The van der Waals surface area contributed by atoms with Crippen LogP contribution in [0.3, 0.4) is 0 Å². The average molecular weight is 442 g/mol. The van der Waals surface area contributed by atoms with Gasteiger partial charge in [-0.15, -0.1) is 11.3 Å². The number of ether oxygens (including phenoxy) is 1. The summed E-state index contributed by atoms with van der Waals surface area (Å²) in [6.07, 6.45) is 1.28. The van der Waals surface area contributed by atoms with Crippen LogP contribution < -0.4 is 15.5 Å². The van der Waals surface area contributed by atoms with Gasteiger partial charge in [0.25, 0.3) is 0 Å². The Hall–Kier alpha value is -3.49. The number of carbonyl (C=O) groups excluding carboxylic acids is 3. The molecule has 9 heteroatoms. The van der Waals surface area contributed by atoms with E-state index in [2.05, 4.69) is 15.8 Å². The predicted octanol–water partition coefficient (Wildman–Crippen LogP) is 4.02. The minimum Gasteiger partial charge on any atom is -0.422 e. The maximum atomic E-state index is 12.1. The molecule has 0 unspecified atom stereocenters. The van der Waals surface area contributed by atoms with Gasteiger partial charge in [-0.2, -0.15) is 5.10 Å². The molecule has 2 aromatic carbocycles. The molecule has 2 N–H and O–H groups in total. The van der Waals surface area contributed by atoms with Gasteiger partial charge in [0.05, 0.1) is 6.21 Å². The molecule has 30 heavy (non-hydrogen) atoms. The summed E-state index contributed by atoms with van der Waals surface area (Å²) in [6, 6.07) is 15.0. The van der Waals surface area contributed by atoms with E-state index in [-0.39, 0.29) is 5.75 Å². The molecule has 1 heterocycles. The van der Waals surface area contributed by atoms with Crippen molar-refractivity contribution in [3.8, 4) is 5.75 Å². The zero-order valence-electron chi connectivity index (χ0n) is 15.7. The zero-order valence-corrected chi connectivity index (χ0v) is 17.3. The Kier molecular flexibility index (Phi) is 6.95. The second-order valence-corrected chi connectivity index (χ2v) is 7.38. The van der Waals surface area contributed by atoms with E-state index in [1.54, 1.807) is 60.0 Å². The number of para-hydroxylation sites is 1. The van der Waals surface area contributed by atoms with Gasteiger partial charge in [0, 0.05) is 16.3 Å². The number of rotatable bonds is 5. The minimum absolute atomic E-state index is 0.271. The second-order valence-electron chi connectivity index (χ2n) is 6.02. The Morgan fingerprint density at radius 3 is 2.60 bits per heavy atom. The normalized spacial score (nSPS) is 10.6. The molecule has 3 aromatic rings. The summed E-state index contributed by atoms with van der Waals surface area (Å²) in [5, 5.41) is 8.45. The Bertz CT molecular complexity index is 1110. The van der Waals surface area contributed by atoms with E-state index >= 15 is 0 Å². The number of hydrazone groups is 1. The zero-order chi connectivity index (χ0) is 21.5. The van der Waals surface area contributed by atoms with Crippen molar-refractivity contribution in [2.45, 2.75) is 6.92 Å². The van der Waals surface area contributed by atoms with Crippen LogP contribution in [0.15, 0.2) is 65.1 Å². The standard InChI is InChI=1S/C21H16ClN3O4S/c1-13-8-9-15(11-16(13)22)24-19(26)20(27)25-23-12-14-5-2-3-6-17(14)29-21(28)18-7-4-10-30-18/h2-12H,1H3,(H,24,26)(H,25,27). The average Bonchev–Trinajstić information content (AvgIpc) is 3.27. The largest absolute Gasteiger partial charge is 0.422 e. The summed E-state index contributed by atoms with van der Waals surface area (Å²) in [5.41, 5.74) is 3.82. The molecular formula is C21H16ClN3O4S. The van der Waals surface area contributed by atoms with Crippen molar-refractivity contribution in [3.63, 3.8) is 0 Å². The molecule has 0 aliphatic rings. The van der Waals surface area contributed by atoms with E-state index in [4.69, 9.17) is 16.3 Å². The molecule has 0 bridgehead atoms. The highest BCUT2D eigenvalue weighted by molar-refractivity contribution is 7.12. The number of amides is 2. The fourth-order valence-corrected chi connectivity index (χ4v) is 3.07. The minimum atomic E-state index is -0.962. The Balaban J connectivity index is 1.60. The van der Waals surface area contributed by atoms with Crippen molar-refractivity contribution in [2.75, 3.05) is 5.32 Å². The molecule has 0 saturated heterocycles. The van der Waals surface area contributed by atoms with Gasteiger partial charge in [0.1, 0.15) is 10.6 Å². The first-order valence-electron chi connectivity index (χ1n) is 8.69. The van der Waals surface area contributed by atoms with Gasteiger partial charge in [0.2, 0.25) is 0 Å². The van der Waals surface area contributed by atoms with Crippen LogP contribution in [-0.2, 0) is 9.59 Å². The summed E-state index contributed by atoms with van der Waals surface area (Å²) in [5.74, 6) is -2.08. The number of anilines is 1. The lowest BCUT2D eigenvalue weighted by atomic mass is 10.2. The fraction of sp³-hybridized carbons (Fsp3) is 0.0476. The van der Waals surface area contributed by atoms with E-state index in [9.17, 15) is 14.4 Å². The maximum Gasteiger partial charge on any atom is 0.353 e. The van der Waals surface area contributed by atoms with E-state index in [1.807, 2.05) is 6.92 Å². The van der Waals surface area contributed by atoms with Crippen molar-refractivity contribution in [2.24, 2.45) is 5.10 Å². The van der Waals surface area contributed by atoms with Gasteiger partial charge >= 0.3 is 17.8 Å². The van der Waals surface area contributed by atoms with Crippen LogP contribution in [0.1, 0.15) is 20.8 Å². The first-order chi connectivity index (χ1) is 14.4. The summed E-state index contributed by atoms with van der Waals surface area (Å²) < 4.78 is 5.37. The molecule has 0 aliphatic heterocycles. The van der Waals surface area contributed by atoms with E-state index in [1.165, 1.54) is 17.6 Å². The van der Waals surface area contributed by atoms with Crippen LogP contribution in [0.5, 0.6) is 5.75 Å². The topological polar surface area (TPSA) is 96.9 Å². The lowest BCUT2D eigenvalue weighted by Gasteiger charge is -2.07. The van der Waals surface area contributed by atoms with Crippen LogP contribution in [0.25, 0.3) is 0 Å². The van der Waals surface area contributed by atoms with Gasteiger partial charge < -0.3 is 10.1 Å². The summed E-state index contributed by atoms with van der Waals surface area (Å²) in [7, 11) is 0. The number of nitrogens with zero attached hydrogens (tertiary/aromatic N) is 1. The van der Waals surface area contributed by atoms with Crippen LogP contribution in [0.4, 0.5) is 5.69 Å².